The Hall–Kier alpha value is -2.79. The lowest BCUT2D eigenvalue weighted by Crippen LogP contribution is -2.19. The van der Waals surface area contributed by atoms with Crippen LogP contribution in [0.2, 0.25) is 0 Å². The number of fused-ring (bicyclic) bond motifs is 1. The first-order valence-electron chi connectivity index (χ1n) is 8.44. The summed E-state index contributed by atoms with van der Waals surface area (Å²) in [6, 6.07) is 12.2. The van der Waals surface area contributed by atoms with E-state index in [9.17, 15) is 15.0 Å². The van der Waals surface area contributed by atoms with E-state index in [1.54, 1.807) is 57.4 Å². The van der Waals surface area contributed by atoms with E-state index >= 15 is 0 Å². The van der Waals surface area contributed by atoms with Crippen LogP contribution in [-0.4, -0.2) is 22.9 Å². The van der Waals surface area contributed by atoms with E-state index in [2.05, 4.69) is 0 Å². The predicted molar refractivity (Wildman–Crippen MR) is 101 cm³/mol. The summed E-state index contributed by atoms with van der Waals surface area (Å²) >= 11 is 0. The maximum atomic E-state index is 12.6. The zero-order valence-electron chi connectivity index (χ0n) is 15.1. The van der Waals surface area contributed by atoms with Crippen LogP contribution in [0.3, 0.4) is 0 Å². The molecule has 0 unspecified atom stereocenters. The van der Waals surface area contributed by atoms with E-state index in [1.165, 1.54) is 0 Å². The number of aliphatic hydroxyl groups is 1. The number of hydrogen-bond acceptors (Lipinski definition) is 5. The lowest BCUT2D eigenvalue weighted by Gasteiger charge is -2.17. The number of methoxy groups -OCH3 is 1. The molecule has 2 N–H and O–H groups in total. The lowest BCUT2D eigenvalue weighted by molar-refractivity contribution is 0.0714. The van der Waals surface area contributed by atoms with Gasteiger partial charge in [-0.1, -0.05) is 12.1 Å². The Morgan fingerprint density at radius 2 is 1.81 bits per heavy atom. The van der Waals surface area contributed by atoms with Crippen LogP contribution < -0.4 is 10.2 Å². The molecular weight excluding hydrogens is 332 g/mol. The van der Waals surface area contributed by atoms with E-state index in [-0.39, 0.29) is 5.76 Å². The van der Waals surface area contributed by atoms with Gasteiger partial charge in [0.2, 0.25) is 11.2 Å². The number of rotatable bonds is 5. The average molecular weight is 354 g/mol. The minimum absolute atomic E-state index is 0.126. The van der Waals surface area contributed by atoms with Gasteiger partial charge >= 0.3 is 0 Å². The largest absolute Gasteiger partial charge is 0.502 e. The van der Waals surface area contributed by atoms with Crippen molar-refractivity contribution < 1.29 is 19.4 Å². The first-order valence-corrected chi connectivity index (χ1v) is 8.44. The zero-order valence-corrected chi connectivity index (χ0v) is 15.1. The van der Waals surface area contributed by atoms with Crippen LogP contribution in [-0.2, 0) is 6.42 Å². The molecule has 0 spiro atoms. The first kappa shape index (κ1) is 18.0. The maximum Gasteiger partial charge on any atom is 0.235 e. The molecular formula is C21H22O5. The molecule has 5 heteroatoms. The fourth-order valence-corrected chi connectivity index (χ4v) is 2.84. The molecule has 0 aliphatic rings. The number of benzene rings is 2. The highest BCUT2D eigenvalue weighted by atomic mass is 16.5. The second-order valence-corrected chi connectivity index (χ2v) is 6.94. The van der Waals surface area contributed by atoms with Crippen molar-refractivity contribution in [3.05, 3.63) is 58.3 Å². The number of para-hydroxylation sites is 1. The van der Waals surface area contributed by atoms with Crippen LogP contribution in [0.4, 0.5) is 0 Å². The van der Waals surface area contributed by atoms with Crippen molar-refractivity contribution >= 4 is 11.0 Å². The molecule has 0 aliphatic heterocycles. The molecule has 0 radical (unpaired) electrons. The van der Waals surface area contributed by atoms with Gasteiger partial charge < -0.3 is 19.4 Å². The van der Waals surface area contributed by atoms with Crippen LogP contribution >= 0.6 is 0 Å². The fraction of sp³-hybridized carbons (Fsp3) is 0.286. The summed E-state index contributed by atoms with van der Waals surface area (Å²) in [7, 11) is 1.57. The van der Waals surface area contributed by atoms with Crippen molar-refractivity contribution in [2.75, 3.05) is 7.11 Å². The second-order valence-electron chi connectivity index (χ2n) is 6.94. The standard InChI is InChI=1S/C21H22O5/c1-21(2,24)12-11-13-5-4-6-16-17(22)18(23)20(26-19(13)16)14-7-9-15(25-3)10-8-14/h4-10,23-24H,11-12H2,1-3H3. The van der Waals surface area contributed by atoms with Crippen molar-refractivity contribution in [3.63, 3.8) is 0 Å². The van der Waals surface area contributed by atoms with Gasteiger partial charge in [0.25, 0.3) is 0 Å². The molecule has 5 nitrogen and oxygen atoms in total. The number of aryl methyl sites for hydroxylation is 1. The molecule has 3 rings (SSSR count). The number of ether oxygens (including phenoxy) is 1. The van der Waals surface area contributed by atoms with Crippen LogP contribution in [0.25, 0.3) is 22.3 Å². The topological polar surface area (TPSA) is 79.9 Å². The highest BCUT2D eigenvalue weighted by Gasteiger charge is 2.19. The predicted octanol–water partition coefficient (Wildman–Crippen LogP) is 3.88. The van der Waals surface area contributed by atoms with Gasteiger partial charge in [-0.3, -0.25) is 4.79 Å². The third-order valence-electron chi connectivity index (χ3n) is 4.33. The van der Waals surface area contributed by atoms with Crippen molar-refractivity contribution in [1.29, 1.82) is 0 Å². The molecule has 0 bridgehead atoms. The Morgan fingerprint density at radius 3 is 2.42 bits per heavy atom. The van der Waals surface area contributed by atoms with Gasteiger partial charge in [-0.25, -0.2) is 0 Å². The Bertz CT molecular complexity index is 978. The second kappa shape index (κ2) is 6.84. The van der Waals surface area contributed by atoms with Crippen molar-refractivity contribution in [2.45, 2.75) is 32.3 Å². The Morgan fingerprint density at radius 1 is 1.12 bits per heavy atom. The summed E-state index contributed by atoms with van der Waals surface area (Å²) in [6.07, 6.45) is 1.07. The molecule has 136 valence electrons. The molecule has 0 aliphatic carbocycles. The summed E-state index contributed by atoms with van der Waals surface area (Å²) in [5.74, 6) is 0.380. The highest BCUT2D eigenvalue weighted by molar-refractivity contribution is 5.84. The summed E-state index contributed by atoms with van der Waals surface area (Å²) in [5, 5.41) is 20.7. The highest BCUT2D eigenvalue weighted by Crippen LogP contribution is 2.32. The van der Waals surface area contributed by atoms with E-state index in [4.69, 9.17) is 9.15 Å². The first-order chi connectivity index (χ1) is 12.3. The lowest BCUT2D eigenvalue weighted by atomic mass is 9.97. The Labute approximate surface area is 151 Å². The summed E-state index contributed by atoms with van der Waals surface area (Å²) in [6.45, 7) is 3.48. The Kier molecular flexibility index (Phi) is 4.74. The van der Waals surface area contributed by atoms with Gasteiger partial charge in [-0.2, -0.15) is 0 Å². The van der Waals surface area contributed by atoms with Crippen molar-refractivity contribution in [2.24, 2.45) is 0 Å². The number of aromatic hydroxyl groups is 1. The minimum atomic E-state index is -0.821. The van der Waals surface area contributed by atoms with Crippen molar-refractivity contribution in [1.82, 2.24) is 0 Å². The van der Waals surface area contributed by atoms with E-state index in [0.717, 1.165) is 5.56 Å². The minimum Gasteiger partial charge on any atom is -0.502 e. The van der Waals surface area contributed by atoms with Gasteiger partial charge in [0.05, 0.1) is 18.1 Å². The molecule has 3 aromatic rings. The van der Waals surface area contributed by atoms with Crippen LogP contribution in [0.15, 0.2) is 51.7 Å². The van der Waals surface area contributed by atoms with Gasteiger partial charge in [-0.05, 0) is 62.6 Å². The number of hydrogen-bond donors (Lipinski definition) is 2. The molecule has 0 saturated heterocycles. The van der Waals surface area contributed by atoms with Gasteiger partial charge in [0, 0.05) is 5.56 Å². The smallest absolute Gasteiger partial charge is 0.235 e. The van der Waals surface area contributed by atoms with Gasteiger partial charge in [-0.15, -0.1) is 0 Å². The van der Waals surface area contributed by atoms with E-state index in [0.29, 0.717) is 35.1 Å². The van der Waals surface area contributed by atoms with Gasteiger partial charge in [0.1, 0.15) is 11.3 Å². The molecule has 1 aromatic heterocycles. The quantitative estimate of drug-likeness (QED) is 0.727. The van der Waals surface area contributed by atoms with Gasteiger partial charge in [0.15, 0.2) is 5.76 Å². The fourth-order valence-electron chi connectivity index (χ4n) is 2.84. The summed E-state index contributed by atoms with van der Waals surface area (Å²) in [4.78, 5) is 12.6. The van der Waals surface area contributed by atoms with Crippen LogP contribution in [0.1, 0.15) is 25.8 Å². The average Bonchev–Trinajstić information content (AvgIpc) is 2.62. The maximum absolute atomic E-state index is 12.6. The van der Waals surface area contributed by atoms with E-state index < -0.39 is 16.8 Å². The molecule has 0 atom stereocenters. The SMILES string of the molecule is COc1ccc(-c2oc3c(CCC(C)(C)O)cccc3c(=O)c2O)cc1. The molecule has 26 heavy (non-hydrogen) atoms. The molecule has 1 heterocycles. The molecule has 0 amide bonds. The molecule has 2 aromatic carbocycles. The zero-order chi connectivity index (χ0) is 18.9. The van der Waals surface area contributed by atoms with Crippen LogP contribution in [0.5, 0.6) is 11.5 Å². The molecule has 0 saturated carbocycles. The normalized spacial score (nSPS) is 11.7. The summed E-state index contributed by atoms with van der Waals surface area (Å²) < 4.78 is 11.1. The summed E-state index contributed by atoms with van der Waals surface area (Å²) in [5.41, 5.74) is 0.543. The van der Waals surface area contributed by atoms with Crippen LogP contribution in [0, 0.1) is 0 Å². The van der Waals surface area contributed by atoms with E-state index in [1.807, 2.05) is 6.07 Å². The Balaban J connectivity index is 2.15. The third kappa shape index (κ3) is 3.58. The monoisotopic (exact) mass is 354 g/mol. The third-order valence-corrected chi connectivity index (χ3v) is 4.33. The van der Waals surface area contributed by atoms with Crippen molar-refractivity contribution in [3.8, 4) is 22.8 Å². The molecule has 0 fully saturated rings.